The zero-order valence-corrected chi connectivity index (χ0v) is 40.2. The minimum Gasteiger partial charge on any atom is -0.508 e. The first-order valence-corrected chi connectivity index (χ1v) is 23.6. The Morgan fingerprint density at radius 2 is 1.01 bits per heavy atom. The van der Waals surface area contributed by atoms with Gasteiger partial charge in [-0.3, -0.25) is 0 Å². The Bertz CT molecular complexity index is 2870. The zero-order valence-electron chi connectivity index (χ0n) is 40.2. The first-order chi connectivity index (χ1) is 37.1. The zero-order chi connectivity index (χ0) is 56.3. The van der Waals surface area contributed by atoms with E-state index in [0.29, 0.717) is 11.1 Å². The SMILES string of the molecule is O=C(/C=C/c1ccc(O)cc1)OC[C@H]1O[C@@H](Oc2cc(C3Oc4cc(O)cc(O[C@@H]5O[C@H](COC(=O)/C=C/c6ccc(O)c(O)c6)[C@@H](O)[C@H](O)[C@@H]5O)c4C=C3O[C@@H]3O[C@H](CO)[C@@H](O)[C@H](O)[C@H]3O)cc(O)c2O)[C@@H](O)[C@@H](O)[C@@H]1O. The predicted octanol–water partition coefficient (Wildman–Crippen LogP) is -1.90. The number of aliphatic hydroxyl groups excluding tert-OH is 10. The van der Waals surface area contributed by atoms with E-state index in [9.17, 15) is 91.3 Å². The molecule has 1 unspecified atom stereocenters. The summed E-state index contributed by atoms with van der Waals surface area (Å²) in [4.78, 5) is 25.1. The van der Waals surface area contributed by atoms with E-state index in [1.165, 1.54) is 48.6 Å². The fraction of sp³-hybridized carbons (Fsp3) is 0.373. The third-order valence-electron chi connectivity index (χ3n) is 12.7. The smallest absolute Gasteiger partial charge is 0.330 e. The van der Waals surface area contributed by atoms with Gasteiger partial charge in [0.05, 0.1) is 12.2 Å². The maximum Gasteiger partial charge on any atom is 0.330 e. The van der Waals surface area contributed by atoms with Crippen LogP contribution in [-0.4, -0.2) is 206 Å². The summed E-state index contributed by atoms with van der Waals surface area (Å²) in [5, 5.41) is 169. The van der Waals surface area contributed by atoms with Crippen molar-refractivity contribution in [2.45, 2.75) is 98.2 Å². The minimum atomic E-state index is -2.06. The Morgan fingerprint density at radius 3 is 1.58 bits per heavy atom. The average Bonchev–Trinajstić information content (AvgIpc) is 3.41. The molecule has 0 amide bonds. The van der Waals surface area contributed by atoms with Crippen molar-refractivity contribution in [3.05, 3.63) is 107 Å². The molecular weight excluding hydrogens is 1040 g/mol. The Morgan fingerprint density at radius 1 is 0.500 bits per heavy atom. The molecule has 78 heavy (non-hydrogen) atoms. The monoisotopic (exact) mass is 1100 g/mol. The molecule has 27 nitrogen and oxygen atoms in total. The van der Waals surface area contributed by atoms with Crippen molar-refractivity contribution in [2.24, 2.45) is 0 Å². The van der Waals surface area contributed by atoms with Crippen LogP contribution < -0.4 is 14.2 Å². The standard InChI is InChI=1S/C51H54O27/c52-17-33-39(61)42(64)45(67)51(76-33)75-32-16-25-29(14-24(54)15-30(25)73-49-46(68)43(65)40(62)34(77-49)18-71-37(59)10-5-21-3-8-26(55)27(56)11-21)72-48(32)22-12-28(57)38(60)31(13-22)74-50-47(69)44(66)41(63)35(78-50)19-70-36(58)9-4-20-1-6-23(53)7-2-20/h1-16,33-35,39-57,60-69H,17-19H2/b9-4+,10-5+/t33-,34-,35-,39-,40-,41-,42+,43+,44+,45-,46+,47+,48?,49-,50-,51-/m1/s1. The molecule has 16 N–H and O–H groups in total. The normalized spacial score (nSPS) is 30.9. The molecule has 4 aromatic carbocycles. The fourth-order valence-corrected chi connectivity index (χ4v) is 8.35. The third kappa shape index (κ3) is 12.6. The van der Waals surface area contributed by atoms with Gasteiger partial charge in [0, 0.05) is 29.8 Å². The van der Waals surface area contributed by atoms with Crippen LogP contribution in [0.3, 0.4) is 0 Å². The molecule has 0 radical (unpaired) electrons. The molecule has 0 saturated carbocycles. The van der Waals surface area contributed by atoms with Gasteiger partial charge in [0.25, 0.3) is 0 Å². The first kappa shape index (κ1) is 56.7. The Hall–Kier alpha value is -7.48. The summed E-state index contributed by atoms with van der Waals surface area (Å²) in [7, 11) is 0. The van der Waals surface area contributed by atoms with Crippen LogP contribution in [0.25, 0.3) is 18.2 Å². The number of aromatic hydroxyl groups is 6. The molecule has 8 rings (SSSR count). The Kier molecular flexibility index (Phi) is 17.5. The summed E-state index contributed by atoms with van der Waals surface area (Å²) in [5.41, 5.74) is 0.428. The van der Waals surface area contributed by atoms with Crippen LogP contribution in [0.1, 0.15) is 28.4 Å². The molecule has 4 heterocycles. The van der Waals surface area contributed by atoms with Crippen molar-refractivity contribution in [3.8, 4) is 51.7 Å². The highest BCUT2D eigenvalue weighted by molar-refractivity contribution is 5.87. The van der Waals surface area contributed by atoms with Crippen molar-refractivity contribution >= 4 is 30.2 Å². The number of phenols is 6. The Labute approximate surface area is 439 Å². The van der Waals surface area contributed by atoms with Crippen molar-refractivity contribution in [2.75, 3.05) is 19.8 Å². The maximum atomic E-state index is 12.6. The van der Waals surface area contributed by atoms with Gasteiger partial charge in [-0.25, -0.2) is 9.59 Å². The van der Waals surface area contributed by atoms with Crippen LogP contribution in [0.15, 0.2) is 84.6 Å². The topological polar surface area (TPSA) is 441 Å². The summed E-state index contributed by atoms with van der Waals surface area (Å²) < 4.78 is 51.4. The van der Waals surface area contributed by atoms with Gasteiger partial charge in [0.2, 0.25) is 24.6 Å². The van der Waals surface area contributed by atoms with Crippen molar-refractivity contribution in [1.29, 1.82) is 0 Å². The van der Waals surface area contributed by atoms with Gasteiger partial charge in [-0.15, -0.1) is 0 Å². The van der Waals surface area contributed by atoms with Crippen molar-refractivity contribution < 1.29 is 134 Å². The molecule has 27 heteroatoms. The van der Waals surface area contributed by atoms with Crippen molar-refractivity contribution in [3.63, 3.8) is 0 Å². The number of fused-ring (bicyclic) bond motifs is 1. The highest BCUT2D eigenvalue weighted by Crippen LogP contribution is 2.48. The van der Waals surface area contributed by atoms with Gasteiger partial charge in [-0.05, 0) is 65.8 Å². The van der Waals surface area contributed by atoms with Crippen molar-refractivity contribution in [1.82, 2.24) is 0 Å². The quantitative estimate of drug-likeness (QED) is 0.0331. The highest BCUT2D eigenvalue weighted by Gasteiger charge is 2.49. The van der Waals surface area contributed by atoms with E-state index in [0.717, 1.165) is 48.6 Å². The van der Waals surface area contributed by atoms with Crippen LogP contribution in [0.5, 0.6) is 51.7 Å². The van der Waals surface area contributed by atoms with E-state index in [4.69, 9.17) is 42.6 Å². The summed E-state index contributed by atoms with van der Waals surface area (Å²) in [6, 6.07) is 13.5. The lowest BCUT2D eigenvalue weighted by atomic mass is 9.98. The highest BCUT2D eigenvalue weighted by atomic mass is 16.7. The van der Waals surface area contributed by atoms with E-state index in [2.05, 4.69) is 0 Å². The number of carbonyl (C=O) groups excluding carboxylic acids is 2. The largest absolute Gasteiger partial charge is 0.508 e. The molecule has 0 bridgehead atoms. The Balaban J connectivity index is 1.05. The second-order valence-electron chi connectivity index (χ2n) is 18.1. The van der Waals surface area contributed by atoms with E-state index in [1.54, 1.807) is 0 Å². The molecular formula is C51H54O27. The van der Waals surface area contributed by atoms with Crippen LogP contribution in [0.2, 0.25) is 0 Å². The van der Waals surface area contributed by atoms with Gasteiger partial charge in [-0.1, -0.05) is 18.2 Å². The molecule has 0 aliphatic carbocycles. The van der Waals surface area contributed by atoms with Crippen LogP contribution in [0, 0.1) is 0 Å². The average molecular weight is 1100 g/mol. The van der Waals surface area contributed by atoms with E-state index >= 15 is 0 Å². The molecule has 0 aromatic heterocycles. The molecule has 3 fully saturated rings. The molecule has 3 saturated heterocycles. The fourth-order valence-electron chi connectivity index (χ4n) is 8.35. The molecule has 0 spiro atoms. The van der Waals surface area contributed by atoms with Gasteiger partial charge < -0.3 is 124 Å². The number of rotatable bonds is 16. The summed E-state index contributed by atoms with van der Waals surface area (Å²) in [5.74, 6) is -7.08. The number of hydrogen-bond donors (Lipinski definition) is 16. The van der Waals surface area contributed by atoms with E-state index < -0.39 is 176 Å². The van der Waals surface area contributed by atoms with E-state index in [-0.39, 0.29) is 22.6 Å². The second-order valence-corrected chi connectivity index (χ2v) is 18.1. The van der Waals surface area contributed by atoms with Gasteiger partial charge >= 0.3 is 11.9 Å². The molecule has 420 valence electrons. The lowest BCUT2D eigenvalue weighted by molar-refractivity contribution is -0.293. The summed E-state index contributed by atoms with van der Waals surface area (Å²) >= 11 is 0. The van der Waals surface area contributed by atoms with Gasteiger partial charge in [0.15, 0.2) is 29.1 Å². The summed E-state index contributed by atoms with van der Waals surface area (Å²) in [6.07, 6.45) is -24.1. The second kappa shape index (κ2) is 24.0. The molecule has 16 atom stereocenters. The molecule has 4 aromatic rings. The number of hydrogen-bond acceptors (Lipinski definition) is 27. The van der Waals surface area contributed by atoms with Crippen LogP contribution in [0.4, 0.5) is 0 Å². The van der Waals surface area contributed by atoms with Crippen LogP contribution in [-0.2, 0) is 38.0 Å². The lowest BCUT2D eigenvalue weighted by Crippen LogP contribution is -2.60. The summed E-state index contributed by atoms with van der Waals surface area (Å²) in [6.45, 7) is -2.32. The number of benzene rings is 4. The van der Waals surface area contributed by atoms with Gasteiger partial charge in [-0.2, -0.15) is 0 Å². The number of aliphatic hydroxyl groups is 10. The third-order valence-corrected chi connectivity index (χ3v) is 12.7. The number of ether oxygens (including phenoxy) is 9. The maximum absolute atomic E-state index is 12.6. The number of esters is 2. The first-order valence-electron chi connectivity index (χ1n) is 23.6. The van der Waals surface area contributed by atoms with Gasteiger partial charge in [0.1, 0.15) is 115 Å². The molecule has 4 aliphatic heterocycles. The molecule has 4 aliphatic rings. The van der Waals surface area contributed by atoms with Crippen LogP contribution >= 0.6 is 0 Å². The number of carbonyl (C=O) groups is 2. The number of phenolic OH excluding ortho intramolecular Hbond substituents is 6. The minimum absolute atomic E-state index is 0.0102. The van der Waals surface area contributed by atoms with E-state index in [1.807, 2.05) is 0 Å². The predicted molar refractivity (Wildman–Crippen MR) is 257 cm³/mol. The lowest BCUT2D eigenvalue weighted by Gasteiger charge is -2.41.